The molecule has 1 heterocycles. The Labute approximate surface area is 72.6 Å². The monoisotopic (exact) mass is 168 g/mol. The van der Waals surface area contributed by atoms with Gasteiger partial charge in [0.05, 0.1) is 5.54 Å². The number of aromatic nitrogens is 3. The van der Waals surface area contributed by atoms with Gasteiger partial charge in [-0.05, 0) is 13.8 Å². The Balaban J connectivity index is 2.92. The Hall–Kier alpha value is -0.900. The van der Waals surface area contributed by atoms with Gasteiger partial charge >= 0.3 is 0 Å². The third-order valence-corrected chi connectivity index (χ3v) is 1.63. The Morgan fingerprint density at radius 3 is 2.25 bits per heavy atom. The lowest BCUT2D eigenvalue weighted by atomic mass is 10.1. The third-order valence-electron chi connectivity index (χ3n) is 1.63. The SMILES string of the molecule is CC(C)c1nc(C(C)(C)N)n[nH]1. The van der Waals surface area contributed by atoms with Gasteiger partial charge in [0.2, 0.25) is 0 Å². The van der Waals surface area contributed by atoms with Crippen LogP contribution in [0.2, 0.25) is 0 Å². The van der Waals surface area contributed by atoms with Crippen molar-refractivity contribution in [2.24, 2.45) is 5.73 Å². The Morgan fingerprint density at radius 2 is 2.00 bits per heavy atom. The molecule has 0 amide bonds. The van der Waals surface area contributed by atoms with Crippen molar-refractivity contribution >= 4 is 0 Å². The van der Waals surface area contributed by atoms with Crippen molar-refractivity contribution in [2.45, 2.75) is 39.2 Å². The highest BCUT2D eigenvalue weighted by Crippen LogP contribution is 2.14. The van der Waals surface area contributed by atoms with Crippen LogP contribution in [0.5, 0.6) is 0 Å². The van der Waals surface area contributed by atoms with E-state index in [0.717, 1.165) is 5.82 Å². The number of hydrogen-bond donors (Lipinski definition) is 2. The van der Waals surface area contributed by atoms with Crippen LogP contribution in [0, 0.1) is 0 Å². The standard InChI is InChI=1S/C8H16N4/c1-5(2)6-10-7(12-11-6)8(3,4)9/h5H,9H2,1-4H3,(H,10,11,12). The predicted molar refractivity (Wildman–Crippen MR) is 47.7 cm³/mol. The van der Waals surface area contributed by atoms with Gasteiger partial charge in [0.25, 0.3) is 0 Å². The molecule has 0 aliphatic rings. The average molecular weight is 168 g/mol. The van der Waals surface area contributed by atoms with E-state index < -0.39 is 5.54 Å². The summed E-state index contributed by atoms with van der Waals surface area (Å²) in [5, 5.41) is 6.92. The lowest BCUT2D eigenvalue weighted by molar-refractivity contribution is 0.515. The van der Waals surface area contributed by atoms with Gasteiger partial charge < -0.3 is 5.73 Å². The van der Waals surface area contributed by atoms with Gasteiger partial charge in [0.15, 0.2) is 5.82 Å². The van der Waals surface area contributed by atoms with E-state index in [1.54, 1.807) is 0 Å². The molecule has 0 fully saturated rings. The number of hydrogen-bond acceptors (Lipinski definition) is 3. The summed E-state index contributed by atoms with van der Waals surface area (Å²) in [6.07, 6.45) is 0. The van der Waals surface area contributed by atoms with Crippen molar-refractivity contribution in [3.8, 4) is 0 Å². The third kappa shape index (κ3) is 1.82. The van der Waals surface area contributed by atoms with Crippen LogP contribution in [-0.4, -0.2) is 15.2 Å². The zero-order valence-electron chi connectivity index (χ0n) is 8.05. The molecule has 0 radical (unpaired) electrons. The van der Waals surface area contributed by atoms with E-state index in [9.17, 15) is 0 Å². The molecule has 0 aromatic carbocycles. The van der Waals surface area contributed by atoms with E-state index >= 15 is 0 Å². The number of rotatable bonds is 2. The van der Waals surface area contributed by atoms with Gasteiger partial charge in [0.1, 0.15) is 5.82 Å². The van der Waals surface area contributed by atoms with Crippen molar-refractivity contribution in [1.82, 2.24) is 15.2 Å². The first-order valence-corrected chi connectivity index (χ1v) is 4.13. The first kappa shape index (κ1) is 9.19. The number of nitrogens with zero attached hydrogens (tertiary/aromatic N) is 2. The normalized spacial score (nSPS) is 12.5. The minimum absolute atomic E-state index is 0.369. The summed E-state index contributed by atoms with van der Waals surface area (Å²) in [7, 11) is 0. The lowest BCUT2D eigenvalue weighted by Crippen LogP contribution is -2.30. The molecular formula is C8H16N4. The summed E-state index contributed by atoms with van der Waals surface area (Å²) >= 11 is 0. The van der Waals surface area contributed by atoms with Crippen LogP contribution in [0.4, 0.5) is 0 Å². The molecule has 3 N–H and O–H groups in total. The summed E-state index contributed by atoms with van der Waals surface area (Å²) in [6, 6.07) is 0. The van der Waals surface area contributed by atoms with Crippen molar-refractivity contribution in [3.63, 3.8) is 0 Å². The fourth-order valence-electron chi connectivity index (χ4n) is 0.821. The van der Waals surface area contributed by atoms with Crippen LogP contribution < -0.4 is 5.73 Å². The highest BCUT2D eigenvalue weighted by molar-refractivity contribution is 5.03. The molecule has 68 valence electrons. The zero-order chi connectivity index (χ0) is 9.35. The molecule has 1 aromatic heterocycles. The summed E-state index contributed by atoms with van der Waals surface area (Å²) in [5.74, 6) is 1.93. The fraction of sp³-hybridized carbons (Fsp3) is 0.750. The van der Waals surface area contributed by atoms with Crippen molar-refractivity contribution < 1.29 is 0 Å². The quantitative estimate of drug-likeness (QED) is 0.695. The molecule has 0 saturated carbocycles. The number of H-pyrrole nitrogens is 1. The molecule has 1 aromatic rings. The molecule has 0 saturated heterocycles. The maximum Gasteiger partial charge on any atom is 0.169 e. The van der Waals surface area contributed by atoms with E-state index in [0.29, 0.717) is 11.7 Å². The minimum Gasteiger partial charge on any atom is -0.319 e. The molecule has 1 rings (SSSR count). The van der Waals surface area contributed by atoms with Crippen LogP contribution >= 0.6 is 0 Å². The number of aromatic amines is 1. The van der Waals surface area contributed by atoms with Crippen LogP contribution in [0.15, 0.2) is 0 Å². The molecule has 4 nitrogen and oxygen atoms in total. The number of nitrogens with two attached hydrogens (primary N) is 1. The van der Waals surface area contributed by atoms with E-state index in [1.807, 2.05) is 13.8 Å². The van der Waals surface area contributed by atoms with Gasteiger partial charge in [-0.2, -0.15) is 5.10 Å². The Kier molecular flexibility index (Phi) is 2.19. The molecule has 0 aliphatic carbocycles. The Morgan fingerprint density at radius 1 is 1.42 bits per heavy atom. The van der Waals surface area contributed by atoms with Crippen LogP contribution in [-0.2, 0) is 5.54 Å². The summed E-state index contributed by atoms with van der Waals surface area (Å²) in [6.45, 7) is 7.90. The second-order valence-corrected chi connectivity index (χ2v) is 3.92. The van der Waals surface area contributed by atoms with Gasteiger partial charge in [-0.1, -0.05) is 13.8 Å². The van der Waals surface area contributed by atoms with Crippen LogP contribution in [0.1, 0.15) is 45.3 Å². The smallest absolute Gasteiger partial charge is 0.169 e. The first-order chi connectivity index (χ1) is 5.41. The van der Waals surface area contributed by atoms with Gasteiger partial charge in [0, 0.05) is 5.92 Å². The second kappa shape index (κ2) is 2.86. The molecule has 0 bridgehead atoms. The highest BCUT2D eigenvalue weighted by Gasteiger charge is 2.20. The second-order valence-electron chi connectivity index (χ2n) is 3.92. The highest BCUT2D eigenvalue weighted by atomic mass is 15.2. The molecule has 0 unspecified atom stereocenters. The number of nitrogens with one attached hydrogen (secondary N) is 1. The molecule has 0 atom stereocenters. The minimum atomic E-state index is -0.455. The van der Waals surface area contributed by atoms with Crippen molar-refractivity contribution in [2.75, 3.05) is 0 Å². The summed E-state index contributed by atoms with van der Waals surface area (Å²) < 4.78 is 0. The summed E-state index contributed by atoms with van der Waals surface area (Å²) in [5.41, 5.74) is 5.37. The molecule has 4 heteroatoms. The topological polar surface area (TPSA) is 67.6 Å². The zero-order valence-corrected chi connectivity index (χ0v) is 8.05. The molecule has 0 spiro atoms. The largest absolute Gasteiger partial charge is 0.319 e. The fourth-order valence-corrected chi connectivity index (χ4v) is 0.821. The van der Waals surface area contributed by atoms with E-state index in [2.05, 4.69) is 29.0 Å². The first-order valence-electron chi connectivity index (χ1n) is 4.13. The maximum atomic E-state index is 5.83. The van der Waals surface area contributed by atoms with E-state index in [-0.39, 0.29) is 0 Å². The van der Waals surface area contributed by atoms with Gasteiger partial charge in [-0.15, -0.1) is 0 Å². The molecule has 12 heavy (non-hydrogen) atoms. The van der Waals surface area contributed by atoms with Crippen molar-refractivity contribution in [3.05, 3.63) is 11.6 Å². The van der Waals surface area contributed by atoms with Crippen LogP contribution in [0.3, 0.4) is 0 Å². The summed E-state index contributed by atoms with van der Waals surface area (Å²) in [4.78, 5) is 4.29. The van der Waals surface area contributed by atoms with E-state index in [4.69, 9.17) is 5.73 Å². The van der Waals surface area contributed by atoms with Crippen LogP contribution in [0.25, 0.3) is 0 Å². The van der Waals surface area contributed by atoms with Gasteiger partial charge in [-0.3, -0.25) is 5.10 Å². The van der Waals surface area contributed by atoms with E-state index in [1.165, 1.54) is 0 Å². The molecular weight excluding hydrogens is 152 g/mol. The lowest BCUT2D eigenvalue weighted by Gasteiger charge is -2.12. The Bertz CT molecular complexity index is 256. The molecule has 0 aliphatic heterocycles. The predicted octanol–water partition coefficient (Wildman–Crippen LogP) is 1.12. The average Bonchev–Trinajstić information content (AvgIpc) is 2.30. The van der Waals surface area contributed by atoms with Crippen molar-refractivity contribution in [1.29, 1.82) is 0 Å². The maximum absolute atomic E-state index is 5.83. The van der Waals surface area contributed by atoms with Gasteiger partial charge in [-0.25, -0.2) is 4.98 Å².